The Hall–Kier alpha value is -2.46. The average Bonchev–Trinajstić information content (AvgIpc) is 2.91. The minimum atomic E-state index is -3.92. The van der Waals surface area contributed by atoms with Gasteiger partial charge in [0, 0.05) is 37.5 Å². The quantitative estimate of drug-likeness (QED) is 0.400. The molecule has 1 heterocycles. The van der Waals surface area contributed by atoms with Crippen LogP contribution in [0.4, 0.5) is 11.4 Å². The van der Waals surface area contributed by atoms with Crippen LogP contribution in [0.5, 0.6) is 0 Å². The minimum absolute atomic E-state index is 0.0499. The van der Waals surface area contributed by atoms with Crippen molar-refractivity contribution in [1.82, 2.24) is 14.7 Å². The Morgan fingerprint density at radius 2 is 2.19 bits per heavy atom. The highest BCUT2D eigenvalue weighted by atomic mass is 32.2. The summed E-state index contributed by atoms with van der Waals surface area (Å²) in [6.45, 7) is 0.0952. The van der Waals surface area contributed by atoms with Crippen LogP contribution < -0.4 is 10.5 Å². The maximum atomic E-state index is 12.1. The van der Waals surface area contributed by atoms with Crippen molar-refractivity contribution in [3.63, 3.8) is 0 Å². The van der Waals surface area contributed by atoms with Crippen molar-refractivity contribution in [3.05, 3.63) is 46.5 Å². The van der Waals surface area contributed by atoms with Gasteiger partial charge in [0.2, 0.25) is 10.0 Å². The summed E-state index contributed by atoms with van der Waals surface area (Å²) in [5.41, 5.74) is 5.19. The highest BCUT2D eigenvalue weighted by Crippen LogP contribution is 2.23. The molecule has 0 unspecified atom stereocenters. The number of imidazole rings is 1. The normalized spacial score (nSPS) is 11.4. The number of aromatic nitrogens is 2. The summed E-state index contributed by atoms with van der Waals surface area (Å²) in [5.74, 6) is 0.629. The van der Waals surface area contributed by atoms with Gasteiger partial charge in [-0.3, -0.25) is 10.1 Å². The molecule has 2 aromatic rings. The molecule has 21 heavy (non-hydrogen) atoms. The molecule has 0 bridgehead atoms. The van der Waals surface area contributed by atoms with Gasteiger partial charge in [-0.05, 0) is 6.07 Å². The van der Waals surface area contributed by atoms with Crippen LogP contribution in [-0.2, 0) is 16.4 Å². The molecule has 112 valence electrons. The number of benzene rings is 1. The molecule has 10 heteroatoms. The summed E-state index contributed by atoms with van der Waals surface area (Å²) in [6, 6.07) is 3.28. The smallest absolute Gasteiger partial charge is 0.270 e. The van der Waals surface area contributed by atoms with E-state index in [-0.39, 0.29) is 22.8 Å². The predicted molar refractivity (Wildman–Crippen MR) is 75.0 cm³/mol. The van der Waals surface area contributed by atoms with Crippen molar-refractivity contribution in [2.24, 2.45) is 0 Å². The molecular formula is C11H13N5O4S. The summed E-state index contributed by atoms with van der Waals surface area (Å²) in [7, 11) is -3.92. The Kier molecular flexibility index (Phi) is 4.19. The van der Waals surface area contributed by atoms with Crippen molar-refractivity contribution in [2.45, 2.75) is 11.3 Å². The van der Waals surface area contributed by atoms with Crippen LogP contribution in [0.15, 0.2) is 35.5 Å². The van der Waals surface area contributed by atoms with Crippen LogP contribution in [0.25, 0.3) is 0 Å². The first-order valence-corrected chi connectivity index (χ1v) is 7.40. The van der Waals surface area contributed by atoms with Gasteiger partial charge in [0.05, 0.1) is 10.6 Å². The number of hydrogen-bond acceptors (Lipinski definition) is 6. The fourth-order valence-corrected chi connectivity index (χ4v) is 2.87. The lowest BCUT2D eigenvalue weighted by molar-refractivity contribution is -0.385. The zero-order chi connectivity index (χ0) is 15.5. The van der Waals surface area contributed by atoms with Crippen molar-refractivity contribution in [3.8, 4) is 0 Å². The van der Waals surface area contributed by atoms with Crippen LogP contribution in [-0.4, -0.2) is 29.9 Å². The molecule has 0 amide bonds. The van der Waals surface area contributed by atoms with Gasteiger partial charge in [0.25, 0.3) is 5.69 Å². The van der Waals surface area contributed by atoms with E-state index in [0.29, 0.717) is 12.2 Å². The number of H-pyrrole nitrogens is 1. The number of nitrogens with one attached hydrogen (secondary N) is 2. The number of nitro groups is 1. The van der Waals surface area contributed by atoms with E-state index >= 15 is 0 Å². The molecular weight excluding hydrogens is 298 g/mol. The van der Waals surface area contributed by atoms with Crippen molar-refractivity contribution in [1.29, 1.82) is 0 Å². The maximum Gasteiger partial charge on any atom is 0.270 e. The highest BCUT2D eigenvalue weighted by Gasteiger charge is 2.20. The molecule has 0 saturated carbocycles. The number of nitrogen functional groups attached to an aromatic ring is 1. The van der Waals surface area contributed by atoms with E-state index < -0.39 is 14.9 Å². The van der Waals surface area contributed by atoms with Gasteiger partial charge in [-0.25, -0.2) is 18.1 Å². The number of hydrogen-bond donors (Lipinski definition) is 3. The first-order chi connectivity index (χ1) is 9.90. The fraction of sp³-hybridized carbons (Fsp3) is 0.182. The van der Waals surface area contributed by atoms with Gasteiger partial charge < -0.3 is 10.7 Å². The van der Waals surface area contributed by atoms with E-state index in [4.69, 9.17) is 5.73 Å². The van der Waals surface area contributed by atoms with Crippen LogP contribution in [0.3, 0.4) is 0 Å². The number of anilines is 1. The number of aromatic amines is 1. The molecule has 0 aliphatic carbocycles. The number of nitrogens with zero attached hydrogens (tertiary/aromatic N) is 2. The fourth-order valence-electron chi connectivity index (χ4n) is 1.69. The molecule has 0 saturated heterocycles. The molecule has 1 aromatic heterocycles. The van der Waals surface area contributed by atoms with Gasteiger partial charge in [0.1, 0.15) is 10.7 Å². The molecule has 0 aliphatic rings. The molecule has 0 aliphatic heterocycles. The standard InChI is InChI=1S/C11H13N5O4S/c12-9-2-1-8(16(17)18)7-10(9)21(19,20)15-4-3-11-13-5-6-14-11/h1-2,5-7,15H,3-4,12H2,(H,13,14). The lowest BCUT2D eigenvalue weighted by Crippen LogP contribution is -2.27. The number of nitro benzene ring substituents is 1. The molecule has 0 radical (unpaired) electrons. The molecule has 1 aromatic carbocycles. The Balaban J connectivity index is 2.15. The molecule has 0 spiro atoms. The lowest BCUT2D eigenvalue weighted by Gasteiger charge is -2.08. The largest absolute Gasteiger partial charge is 0.398 e. The molecule has 0 atom stereocenters. The maximum absolute atomic E-state index is 12.1. The van der Waals surface area contributed by atoms with Gasteiger partial charge >= 0.3 is 0 Å². The van der Waals surface area contributed by atoms with Crippen LogP contribution in [0, 0.1) is 10.1 Å². The second kappa shape index (κ2) is 5.89. The van der Waals surface area contributed by atoms with Gasteiger partial charge in [-0.1, -0.05) is 0 Å². The monoisotopic (exact) mass is 311 g/mol. The van der Waals surface area contributed by atoms with Crippen molar-refractivity contribution < 1.29 is 13.3 Å². The summed E-state index contributed by atoms with van der Waals surface area (Å²) < 4.78 is 26.6. The van der Waals surface area contributed by atoms with Gasteiger partial charge in [-0.15, -0.1) is 0 Å². The third-order valence-corrected chi connectivity index (χ3v) is 4.22. The third kappa shape index (κ3) is 3.55. The molecule has 2 rings (SSSR count). The van der Waals surface area contributed by atoms with E-state index in [0.717, 1.165) is 12.1 Å². The Labute approximate surface area is 120 Å². The second-order valence-electron chi connectivity index (χ2n) is 4.16. The van der Waals surface area contributed by atoms with E-state index in [1.807, 2.05) is 0 Å². The summed E-state index contributed by atoms with van der Waals surface area (Å²) in [4.78, 5) is 16.5. The zero-order valence-corrected chi connectivity index (χ0v) is 11.6. The van der Waals surface area contributed by atoms with Gasteiger partial charge in [0.15, 0.2) is 0 Å². The van der Waals surface area contributed by atoms with Crippen LogP contribution in [0.1, 0.15) is 5.82 Å². The summed E-state index contributed by atoms with van der Waals surface area (Å²) >= 11 is 0. The summed E-state index contributed by atoms with van der Waals surface area (Å²) in [5, 5.41) is 10.7. The number of nitrogens with two attached hydrogens (primary N) is 1. The highest BCUT2D eigenvalue weighted by molar-refractivity contribution is 7.89. The van der Waals surface area contributed by atoms with E-state index in [9.17, 15) is 18.5 Å². The van der Waals surface area contributed by atoms with Crippen molar-refractivity contribution >= 4 is 21.4 Å². The van der Waals surface area contributed by atoms with Gasteiger partial charge in [-0.2, -0.15) is 0 Å². The topological polar surface area (TPSA) is 144 Å². The number of rotatable bonds is 6. The Morgan fingerprint density at radius 3 is 2.81 bits per heavy atom. The number of sulfonamides is 1. The SMILES string of the molecule is Nc1ccc([N+](=O)[O-])cc1S(=O)(=O)NCCc1ncc[nH]1. The first-order valence-electron chi connectivity index (χ1n) is 5.92. The molecule has 4 N–H and O–H groups in total. The van der Waals surface area contributed by atoms with Crippen LogP contribution >= 0.6 is 0 Å². The first kappa shape index (κ1) is 14.9. The average molecular weight is 311 g/mol. The number of non-ortho nitro benzene ring substituents is 1. The van der Waals surface area contributed by atoms with E-state index in [2.05, 4.69) is 14.7 Å². The minimum Gasteiger partial charge on any atom is -0.398 e. The second-order valence-corrected chi connectivity index (χ2v) is 5.90. The third-order valence-electron chi connectivity index (χ3n) is 2.71. The van der Waals surface area contributed by atoms with Crippen LogP contribution in [0.2, 0.25) is 0 Å². The molecule has 9 nitrogen and oxygen atoms in total. The lowest BCUT2D eigenvalue weighted by atomic mass is 10.3. The molecule has 0 fully saturated rings. The van der Waals surface area contributed by atoms with Crippen molar-refractivity contribution in [2.75, 3.05) is 12.3 Å². The predicted octanol–water partition coefficient (Wildman–Crippen LogP) is 0.421. The Bertz CT molecular complexity index is 742. The summed E-state index contributed by atoms with van der Waals surface area (Å²) in [6.07, 6.45) is 3.55. The Morgan fingerprint density at radius 1 is 1.43 bits per heavy atom. The van der Waals surface area contributed by atoms with E-state index in [1.54, 1.807) is 12.4 Å². The van der Waals surface area contributed by atoms with E-state index in [1.165, 1.54) is 6.07 Å². The zero-order valence-electron chi connectivity index (χ0n) is 10.8.